The highest BCUT2D eigenvalue weighted by molar-refractivity contribution is 6.04. The van der Waals surface area contributed by atoms with E-state index in [1.54, 1.807) is 0 Å². The predicted octanol–water partition coefficient (Wildman–Crippen LogP) is 3.49. The summed E-state index contributed by atoms with van der Waals surface area (Å²) in [5.74, 6) is 0. The number of nitrogens with one attached hydrogen (secondary N) is 2. The van der Waals surface area contributed by atoms with Crippen LogP contribution in [0.4, 0.5) is 11.4 Å². The summed E-state index contributed by atoms with van der Waals surface area (Å²) < 4.78 is 0. The zero-order chi connectivity index (χ0) is 13.4. The van der Waals surface area contributed by atoms with Gasteiger partial charge < -0.3 is 10.6 Å². The number of nitrogens with zero attached hydrogens (tertiary/aromatic N) is 1. The molecule has 0 aliphatic carbocycles. The van der Waals surface area contributed by atoms with E-state index in [-0.39, 0.29) is 0 Å². The van der Waals surface area contributed by atoms with Crippen LogP contribution < -0.4 is 10.6 Å². The highest BCUT2D eigenvalue weighted by Crippen LogP contribution is 2.34. The van der Waals surface area contributed by atoms with E-state index >= 15 is 0 Å². The highest BCUT2D eigenvalue weighted by Gasteiger charge is 2.21. The Bertz CT molecular complexity index is 576. The fourth-order valence-corrected chi connectivity index (χ4v) is 3.48. The molecule has 20 heavy (non-hydrogen) atoms. The standard InChI is InChI=1S/C17H21N3/c1-2-10-20(11-3-1)12-16-18-14-8-4-6-13-7-5-9-15(19-16)17(13)14/h4-9,16,18-19H,1-3,10-12H2. The number of piperidine rings is 1. The van der Waals surface area contributed by atoms with Crippen LogP contribution >= 0.6 is 0 Å². The first-order valence-electron chi connectivity index (χ1n) is 7.67. The van der Waals surface area contributed by atoms with Crippen LogP contribution in [0, 0.1) is 0 Å². The Balaban J connectivity index is 1.59. The van der Waals surface area contributed by atoms with Crippen LogP contribution in [0.25, 0.3) is 10.8 Å². The van der Waals surface area contributed by atoms with Crippen molar-refractivity contribution in [3.63, 3.8) is 0 Å². The maximum absolute atomic E-state index is 3.66. The van der Waals surface area contributed by atoms with Crippen molar-refractivity contribution in [2.45, 2.75) is 25.4 Å². The quantitative estimate of drug-likeness (QED) is 0.872. The Hall–Kier alpha value is -1.74. The van der Waals surface area contributed by atoms with Gasteiger partial charge in [0.05, 0.1) is 0 Å². The van der Waals surface area contributed by atoms with Crippen molar-refractivity contribution >= 4 is 22.1 Å². The molecule has 0 radical (unpaired) electrons. The Morgan fingerprint density at radius 3 is 2.20 bits per heavy atom. The van der Waals surface area contributed by atoms with E-state index in [1.165, 1.54) is 54.5 Å². The van der Waals surface area contributed by atoms with Gasteiger partial charge in [0, 0.05) is 23.3 Å². The molecular weight excluding hydrogens is 246 g/mol. The summed E-state index contributed by atoms with van der Waals surface area (Å²) in [5.41, 5.74) is 2.53. The van der Waals surface area contributed by atoms with Crippen LogP contribution in [0.2, 0.25) is 0 Å². The maximum atomic E-state index is 3.66. The lowest BCUT2D eigenvalue weighted by atomic mass is 10.0. The van der Waals surface area contributed by atoms with Crippen molar-refractivity contribution in [1.29, 1.82) is 0 Å². The second kappa shape index (κ2) is 4.98. The summed E-state index contributed by atoms with van der Waals surface area (Å²) in [5, 5.41) is 9.94. The number of rotatable bonds is 2. The summed E-state index contributed by atoms with van der Waals surface area (Å²) >= 11 is 0. The summed E-state index contributed by atoms with van der Waals surface area (Å²) in [4.78, 5) is 2.57. The van der Waals surface area contributed by atoms with E-state index in [1.807, 2.05) is 0 Å². The van der Waals surface area contributed by atoms with Gasteiger partial charge in [-0.15, -0.1) is 0 Å². The number of benzene rings is 2. The van der Waals surface area contributed by atoms with Crippen molar-refractivity contribution in [1.82, 2.24) is 4.90 Å². The second-order valence-electron chi connectivity index (χ2n) is 5.91. The van der Waals surface area contributed by atoms with Crippen LogP contribution in [0.15, 0.2) is 36.4 Å². The second-order valence-corrected chi connectivity index (χ2v) is 5.91. The number of likely N-dealkylation sites (tertiary alicyclic amines) is 1. The molecule has 2 N–H and O–H groups in total. The molecule has 1 fully saturated rings. The third-order valence-corrected chi connectivity index (χ3v) is 4.45. The maximum Gasteiger partial charge on any atom is 0.110 e. The summed E-state index contributed by atoms with van der Waals surface area (Å²) in [6.07, 6.45) is 4.40. The molecule has 104 valence electrons. The fraction of sp³-hybridized carbons (Fsp3) is 0.412. The van der Waals surface area contributed by atoms with Gasteiger partial charge in [-0.2, -0.15) is 0 Å². The molecule has 3 nitrogen and oxygen atoms in total. The molecule has 2 aromatic carbocycles. The molecule has 0 bridgehead atoms. The van der Waals surface area contributed by atoms with E-state index < -0.39 is 0 Å². The SMILES string of the molecule is c1cc2c3c(cccc3c1)NC(CN1CCCCC1)N2. The summed E-state index contributed by atoms with van der Waals surface area (Å²) in [6.45, 7) is 3.56. The van der Waals surface area contributed by atoms with Crippen LogP contribution in [0.3, 0.4) is 0 Å². The molecule has 0 saturated carbocycles. The predicted molar refractivity (Wildman–Crippen MR) is 85.3 cm³/mol. The zero-order valence-corrected chi connectivity index (χ0v) is 11.7. The monoisotopic (exact) mass is 267 g/mol. The Morgan fingerprint density at radius 1 is 0.900 bits per heavy atom. The highest BCUT2D eigenvalue weighted by atomic mass is 15.2. The van der Waals surface area contributed by atoms with E-state index in [9.17, 15) is 0 Å². The van der Waals surface area contributed by atoms with Crippen molar-refractivity contribution < 1.29 is 0 Å². The first-order chi connectivity index (χ1) is 9.90. The molecule has 3 heteroatoms. The summed E-state index contributed by atoms with van der Waals surface area (Å²) in [7, 11) is 0. The van der Waals surface area contributed by atoms with Crippen molar-refractivity contribution in [3.05, 3.63) is 36.4 Å². The lowest BCUT2D eigenvalue weighted by Gasteiger charge is -2.35. The minimum atomic E-state index is 0.314. The molecule has 2 aliphatic heterocycles. The largest absolute Gasteiger partial charge is 0.364 e. The normalized spacial score (nSPS) is 19.6. The van der Waals surface area contributed by atoms with Gasteiger partial charge in [-0.3, -0.25) is 4.90 Å². The molecule has 0 unspecified atom stereocenters. The van der Waals surface area contributed by atoms with Gasteiger partial charge in [-0.1, -0.05) is 30.7 Å². The molecule has 1 saturated heterocycles. The number of hydrogen-bond donors (Lipinski definition) is 2. The van der Waals surface area contributed by atoms with E-state index in [0.717, 1.165) is 6.54 Å². The van der Waals surface area contributed by atoms with Gasteiger partial charge in [0.2, 0.25) is 0 Å². The minimum Gasteiger partial charge on any atom is -0.364 e. The third-order valence-electron chi connectivity index (χ3n) is 4.45. The molecule has 2 aromatic rings. The van der Waals surface area contributed by atoms with Gasteiger partial charge in [0.1, 0.15) is 6.17 Å². The van der Waals surface area contributed by atoms with Gasteiger partial charge in [-0.25, -0.2) is 0 Å². The molecule has 2 aliphatic rings. The smallest absolute Gasteiger partial charge is 0.110 e. The molecule has 0 spiro atoms. The van der Waals surface area contributed by atoms with E-state index in [2.05, 4.69) is 51.9 Å². The van der Waals surface area contributed by atoms with E-state index in [4.69, 9.17) is 0 Å². The van der Waals surface area contributed by atoms with Crippen LogP contribution in [0.5, 0.6) is 0 Å². The topological polar surface area (TPSA) is 27.3 Å². The molecule has 2 heterocycles. The fourth-order valence-electron chi connectivity index (χ4n) is 3.48. The molecule has 4 rings (SSSR count). The third kappa shape index (κ3) is 2.12. The van der Waals surface area contributed by atoms with Crippen molar-refractivity contribution in [3.8, 4) is 0 Å². The minimum absolute atomic E-state index is 0.314. The van der Waals surface area contributed by atoms with Gasteiger partial charge >= 0.3 is 0 Å². The van der Waals surface area contributed by atoms with Gasteiger partial charge in [0.15, 0.2) is 0 Å². The van der Waals surface area contributed by atoms with Gasteiger partial charge in [-0.05, 0) is 43.5 Å². The number of hydrogen-bond acceptors (Lipinski definition) is 3. The van der Waals surface area contributed by atoms with Crippen molar-refractivity contribution in [2.75, 3.05) is 30.3 Å². The van der Waals surface area contributed by atoms with Crippen molar-refractivity contribution in [2.24, 2.45) is 0 Å². The first kappa shape index (κ1) is 12.0. The summed E-state index contributed by atoms with van der Waals surface area (Å²) in [6, 6.07) is 13.0. The molecule has 0 aromatic heterocycles. The zero-order valence-electron chi connectivity index (χ0n) is 11.7. The average Bonchev–Trinajstić information content (AvgIpc) is 2.49. The lowest BCUT2D eigenvalue weighted by Crippen LogP contribution is -2.44. The molecular formula is C17H21N3. The Kier molecular flexibility index (Phi) is 3.00. The van der Waals surface area contributed by atoms with Gasteiger partial charge in [0.25, 0.3) is 0 Å². The number of anilines is 2. The molecule has 0 atom stereocenters. The van der Waals surface area contributed by atoms with Crippen LogP contribution in [-0.4, -0.2) is 30.7 Å². The average molecular weight is 267 g/mol. The van der Waals surface area contributed by atoms with Crippen LogP contribution in [-0.2, 0) is 0 Å². The van der Waals surface area contributed by atoms with E-state index in [0.29, 0.717) is 6.17 Å². The Morgan fingerprint density at radius 2 is 1.55 bits per heavy atom. The Labute approximate surface area is 120 Å². The first-order valence-corrected chi connectivity index (χ1v) is 7.67. The molecule has 0 amide bonds. The van der Waals surface area contributed by atoms with Crippen LogP contribution in [0.1, 0.15) is 19.3 Å². The lowest BCUT2D eigenvalue weighted by molar-refractivity contribution is 0.224.